The second-order valence-electron chi connectivity index (χ2n) is 3.99. The van der Waals surface area contributed by atoms with Gasteiger partial charge in [-0.25, -0.2) is 17.5 Å². The van der Waals surface area contributed by atoms with Crippen molar-refractivity contribution in [2.24, 2.45) is 0 Å². The zero-order valence-corrected chi connectivity index (χ0v) is 12.6. The van der Waals surface area contributed by atoms with E-state index in [0.717, 1.165) is 12.1 Å². The molecule has 1 aromatic carbocycles. The maximum atomic E-state index is 13.2. The highest BCUT2D eigenvalue weighted by Crippen LogP contribution is 2.26. The van der Waals surface area contributed by atoms with E-state index < -0.39 is 15.8 Å². The minimum Gasteiger partial charge on any atom is -0.396 e. The van der Waals surface area contributed by atoms with E-state index in [-0.39, 0.29) is 21.6 Å². The summed E-state index contributed by atoms with van der Waals surface area (Å²) in [6, 6.07) is 5.54. The second-order valence-corrected chi connectivity index (χ2v) is 6.58. The molecule has 5 nitrogen and oxygen atoms in total. The Morgan fingerprint density at radius 3 is 2.80 bits per heavy atom. The predicted octanol–water partition coefficient (Wildman–Crippen LogP) is 2.04. The van der Waals surface area contributed by atoms with E-state index in [1.54, 1.807) is 24.5 Å². The Kier molecular flexibility index (Phi) is 4.36. The van der Waals surface area contributed by atoms with E-state index in [0.29, 0.717) is 5.56 Å². The number of nitrogens with zero attached hydrogens (tertiary/aromatic N) is 1. The van der Waals surface area contributed by atoms with Gasteiger partial charge in [-0.2, -0.15) is 0 Å². The fraction of sp³-hybridized carbons (Fsp3) is 0.0833. The van der Waals surface area contributed by atoms with Crippen molar-refractivity contribution < 1.29 is 12.8 Å². The SMILES string of the molecule is Nc1cc(S(=O)(=O)NCc2cccnc2)c(Br)cc1F. The van der Waals surface area contributed by atoms with Gasteiger partial charge in [-0.05, 0) is 39.7 Å². The molecule has 2 aromatic rings. The number of nitrogens with one attached hydrogen (secondary N) is 1. The summed E-state index contributed by atoms with van der Waals surface area (Å²) in [5, 5.41) is 0. The van der Waals surface area contributed by atoms with E-state index in [2.05, 4.69) is 25.6 Å². The van der Waals surface area contributed by atoms with Crippen molar-refractivity contribution in [3.05, 3.63) is 52.5 Å². The number of sulfonamides is 1. The van der Waals surface area contributed by atoms with Gasteiger partial charge in [0.2, 0.25) is 10.0 Å². The molecule has 3 N–H and O–H groups in total. The number of anilines is 1. The van der Waals surface area contributed by atoms with Crippen molar-refractivity contribution >= 4 is 31.6 Å². The summed E-state index contributed by atoms with van der Waals surface area (Å²) in [6.07, 6.45) is 3.14. The van der Waals surface area contributed by atoms with Gasteiger partial charge in [0.15, 0.2) is 0 Å². The van der Waals surface area contributed by atoms with Crippen LogP contribution in [0.3, 0.4) is 0 Å². The van der Waals surface area contributed by atoms with E-state index in [1.807, 2.05) is 0 Å². The molecule has 0 radical (unpaired) electrons. The standard InChI is InChI=1S/C12H11BrFN3O2S/c13-9-4-10(14)11(15)5-12(9)20(18,19)17-7-8-2-1-3-16-6-8/h1-6,17H,7,15H2. The highest BCUT2D eigenvalue weighted by atomic mass is 79.9. The molecule has 2 rings (SSSR count). The lowest BCUT2D eigenvalue weighted by molar-refractivity contribution is 0.580. The molecule has 0 saturated carbocycles. The lowest BCUT2D eigenvalue weighted by atomic mass is 10.3. The quantitative estimate of drug-likeness (QED) is 0.818. The molecule has 0 amide bonds. The van der Waals surface area contributed by atoms with Crippen LogP contribution in [0.1, 0.15) is 5.56 Å². The van der Waals surface area contributed by atoms with E-state index >= 15 is 0 Å². The van der Waals surface area contributed by atoms with E-state index in [9.17, 15) is 12.8 Å². The van der Waals surface area contributed by atoms with Crippen molar-refractivity contribution in [1.29, 1.82) is 0 Å². The van der Waals surface area contributed by atoms with Crippen LogP contribution in [0.15, 0.2) is 46.0 Å². The summed E-state index contributed by atoms with van der Waals surface area (Å²) >= 11 is 3.02. The first-order chi connectivity index (χ1) is 9.40. The number of halogens is 2. The molecule has 0 aliphatic carbocycles. The fourth-order valence-electron chi connectivity index (χ4n) is 1.51. The number of hydrogen-bond acceptors (Lipinski definition) is 4. The Bertz CT molecular complexity index is 723. The molecule has 0 unspecified atom stereocenters. The second kappa shape index (κ2) is 5.86. The Hall–Kier alpha value is -1.51. The van der Waals surface area contributed by atoms with Gasteiger partial charge in [0.1, 0.15) is 5.82 Å². The normalized spacial score (nSPS) is 11.5. The lowest BCUT2D eigenvalue weighted by Crippen LogP contribution is -2.24. The van der Waals surface area contributed by atoms with Gasteiger partial charge in [-0.15, -0.1) is 0 Å². The molecule has 0 atom stereocenters. The van der Waals surface area contributed by atoms with Gasteiger partial charge in [0, 0.05) is 23.4 Å². The first-order valence-electron chi connectivity index (χ1n) is 5.53. The van der Waals surface area contributed by atoms with Crippen LogP contribution < -0.4 is 10.5 Å². The topological polar surface area (TPSA) is 85.1 Å². The number of benzene rings is 1. The zero-order valence-electron chi connectivity index (χ0n) is 10.2. The molecular weight excluding hydrogens is 349 g/mol. The number of nitrogen functional groups attached to an aromatic ring is 1. The molecule has 8 heteroatoms. The molecule has 0 aliphatic rings. The van der Waals surface area contributed by atoms with E-state index in [4.69, 9.17) is 5.73 Å². The summed E-state index contributed by atoms with van der Waals surface area (Å²) in [6.45, 7) is 0.0832. The first kappa shape index (κ1) is 14.9. The third-order valence-corrected chi connectivity index (χ3v) is 4.89. The smallest absolute Gasteiger partial charge is 0.242 e. The number of hydrogen-bond donors (Lipinski definition) is 2. The number of pyridine rings is 1. The summed E-state index contributed by atoms with van der Waals surface area (Å²) in [7, 11) is -3.80. The van der Waals surface area contributed by atoms with Crippen LogP contribution in [0.2, 0.25) is 0 Å². The third-order valence-electron chi connectivity index (χ3n) is 2.53. The van der Waals surface area contributed by atoms with Crippen molar-refractivity contribution in [3.8, 4) is 0 Å². The van der Waals surface area contributed by atoms with Crippen LogP contribution in [0, 0.1) is 5.82 Å². The lowest BCUT2D eigenvalue weighted by Gasteiger charge is -2.09. The molecule has 1 heterocycles. The molecule has 0 aliphatic heterocycles. The van der Waals surface area contributed by atoms with Crippen LogP contribution in [0.5, 0.6) is 0 Å². The monoisotopic (exact) mass is 359 g/mol. The average molecular weight is 360 g/mol. The van der Waals surface area contributed by atoms with Gasteiger partial charge in [-0.3, -0.25) is 4.98 Å². The van der Waals surface area contributed by atoms with Gasteiger partial charge >= 0.3 is 0 Å². The van der Waals surface area contributed by atoms with Crippen LogP contribution in [0.4, 0.5) is 10.1 Å². The van der Waals surface area contributed by atoms with Crippen molar-refractivity contribution in [1.82, 2.24) is 9.71 Å². The largest absolute Gasteiger partial charge is 0.396 e. The maximum Gasteiger partial charge on any atom is 0.242 e. The first-order valence-corrected chi connectivity index (χ1v) is 7.81. The van der Waals surface area contributed by atoms with Gasteiger partial charge in [-0.1, -0.05) is 6.07 Å². The molecule has 0 fully saturated rings. The Balaban J connectivity index is 2.25. The molecule has 0 bridgehead atoms. The zero-order chi connectivity index (χ0) is 14.8. The Morgan fingerprint density at radius 2 is 2.15 bits per heavy atom. The summed E-state index contributed by atoms with van der Waals surface area (Å²) in [5.74, 6) is -0.678. The number of nitrogens with two attached hydrogens (primary N) is 1. The van der Waals surface area contributed by atoms with Crippen molar-refractivity contribution in [3.63, 3.8) is 0 Å². The fourth-order valence-corrected chi connectivity index (χ4v) is 3.57. The van der Waals surface area contributed by atoms with Gasteiger partial charge in [0.25, 0.3) is 0 Å². The molecule has 0 saturated heterocycles. The highest BCUT2D eigenvalue weighted by molar-refractivity contribution is 9.10. The minimum absolute atomic E-state index is 0.0832. The maximum absolute atomic E-state index is 13.2. The van der Waals surface area contributed by atoms with Crippen LogP contribution in [-0.2, 0) is 16.6 Å². The van der Waals surface area contributed by atoms with Crippen molar-refractivity contribution in [2.45, 2.75) is 11.4 Å². The van der Waals surface area contributed by atoms with E-state index in [1.165, 1.54) is 0 Å². The summed E-state index contributed by atoms with van der Waals surface area (Å²) < 4.78 is 40.0. The van der Waals surface area contributed by atoms with Crippen molar-refractivity contribution in [2.75, 3.05) is 5.73 Å². The third kappa shape index (κ3) is 3.33. The van der Waals surface area contributed by atoms with Gasteiger partial charge < -0.3 is 5.73 Å². The average Bonchev–Trinajstić information content (AvgIpc) is 2.42. The van der Waals surface area contributed by atoms with Crippen LogP contribution >= 0.6 is 15.9 Å². The molecule has 1 aromatic heterocycles. The minimum atomic E-state index is -3.80. The highest BCUT2D eigenvalue weighted by Gasteiger charge is 2.19. The van der Waals surface area contributed by atoms with Gasteiger partial charge in [0.05, 0.1) is 10.6 Å². The molecular formula is C12H11BrFN3O2S. The summed E-state index contributed by atoms with van der Waals surface area (Å²) in [4.78, 5) is 3.78. The molecule has 106 valence electrons. The van der Waals surface area contributed by atoms with Crippen LogP contribution in [0.25, 0.3) is 0 Å². The molecule has 0 spiro atoms. The number of rotatable bonds is 4. The Morgan fingerprint density at radius 1 is 1.40 bits per heavy atom. The predicted molar refractivity (Wildman–Crippen MR) is 76.8 cm³/mol. The summed E-state index contributed by atoms with van der Waals surface area (Å²) in [5.41, 5.74) is 5.88. The Labute approximate surface area is 124 Å². The molecule has 20 heavy (non-hydrogen) atoms. The number of aromatic nitrogens is 1. The van der Waals surface area contributed by atoms with Crippen LogP contribution in [-0.4, -0.2) is 13.4 Å².